The van der Waals surface area contributed by atoms with E-state index in [4.69, 9.17) is 30.4 Å². The van der Waals surface area contributed by atoms with Crippen molar-refractivity contribution < 1.29 is 28.5 Å². The van der Waals surface area contributed by atoms with E-state index in [9.17, 15) is 9.59 Å². The zero-order valence-corrected chi connectivity index (χ0v) is 23.4. The summed E-state index contributed by atoms with van der Waals surface area (Å²) in [4.78, 5) is 23.2. The van der Waals surface area contributed by atoms with E-state index in [0.29, 0.717) is 78.7 Å². The van der Waals surface area contributed by atoms with Gasteiger partial charge in [0.1, 0.15) is 6.61 Å². The number of nitrogens with one attached hydrogen (secondary N) is 2. The second kappa shape index (κ2) is 27.3. The van der Waals surface area contributed by atoms with E-state index < -0.39 is 0 Å². The lowest BCUT2D eigenvalue weighted by molar-refractivity contribution is -0.144. The number of benzene rings is 1. The number of ether oxygens (including phenoxy) is 4. The molecular formula is C26H48N4O6S. The van der Waals surface area contributed by atoms with Crippen LogP contribution in [0.5, 0.6) is 0 Å². The van der Waals surface area contributed by atoms with Gasteiger partial charge < -0.3 is 41.0 Å². The summed E-state index contributed by atoms with van der Waals surface area (Å²) in [5, 5.41) is 5.73. The van der Waals surface area contributed by atoms with Crippen LogP contribution in [-0.4, -0.2) is 89.3 Å². The number of carbonyl (C=O) groups is 2. The maximum Gasteiger partial charge on any atom is 0.307 e. The van der Waals surface area contributed by atoms with Crippen LogP contribution in [0.3, 0.4) is 0 Å². The number of rotatable bonds is 22. The van der Waals surface area contributed by atoms with Gasteiger partial charge in [-0.3, -0.25) is 9.59 Å². The van der Waals surface area contributed by atoms with E-state index in [1.807, 2.05) is 36.6 Å². The largest absolute Gasteiger partial charge is 0.461 e. The number of unbranched alkanes of at least 4 members (excludes halogenated alkanes) is 1. The van der Waals surface area contributed by atoms with E-state index in [2.05, 4.69) is 17.6 Å². The number of hydrogen-bond donors (Lipinski definition) is 4. The fraction of sp³-hybridized carbons (Fsp3) is 0.692. The molecule has 0 aliphatic carbocycles. The van der Waals surface area contributed by atoms with Crippen molar-refractivity contribution in [2.75, 3.05) is 72.1 Å². The SMILES string of the molecule is CCCCN.CSC(N)CC(=O)NCCOCCOCCOCCNCCC(=O)OCc1ccccc1. The highest BCUT2D eigenvalue weighted by Crippen LogP contribution is 2.03. The van der Waals surface area contributed by atoms with Crippen LogP contribution >= 0.6 is 11.8 Å². The molecule has 37 heavy (non-hydrogen) atoms. The van der Waals surface area contributed by atoms with Gasteiger partial charge in [0, 0.05) is 19.6 Å². The van der Waals surface area contributed by atoms with Gasteiger partial charge in [-0.25, -0.2) is 0 Å². The molecule has 214 valence electrons. The number of thioether (sulfide) groups is 1. The third kappa shape index (κ3) is 25.7. The van der Waals surface area contributed by atoms with Gasteiger partial charge in [0.2, 0.25) is 5.91 Å². The van der Waals surface area contributed by atoms with Gasteiger partial charge in [-0.05, 0) is 24.8 Å². The molecule has 0 fully saturated rings. The van der Waals surface area contributed by atoms with Crippen LogP contribution in [0.15, 0.2) is 30.3 Å². The van der Waals surface area contributed by atoms with E-state index in [0.717, 1.165) is 12.1 Å². The van der Waals surface area contributed by atoms with E-state index in [-0.39, 0.29) is 17.3 Å². The minimum atomic E-state index is -0.222. The fourth-order valence-corrected chi connectivity index (χ4v) is 2.93. The fourth-order valence-electron chi connectivity index (χ4n) is 2.62. The number of esters is 1. The Morgan fingerprint density at radius 1 is 0.946 bits per heavy atom. The molecule has 0 aliphatic rings. The zero-order valence-electron chi connectivity index (χ0n) is 22.6. The lowest BCUT2D eigenvalue weighted by Gasteiger charge is -2.10. The van der Waals surface area contributed by atoms with Crippen LogP contribution in [0.2, 0.25) is 0 Å². The Kier molecular flexibility index (Phi) is 26.0. The standard InChI is InChI=1S/C22H37N3O6S.C4H11N/c1-32-20(23)17-21(26)25-10-12-29-14-16-30-15-13-28-11-9-24-8-7-22(27)31-18-19-5-3-2-4-6-19;1-2-3-4-5/h2-6,20,24H,7-18,23H2,1H3,(H,25,26);2-5H2,1H3. The van der Waals surface area contributed by atoms with Crippen LogP contribution in [0.4, 0.5) is 0 Å². The molecule has 6 N–H and O–H groups in total. The highest BCUT2D eigenvalue weighted by molar-refractivity contribution is 7.99. The minimum Gasteiger partial charge on any atom is -0.461 e. The Morgan fingerprint density at radius 2 is 1.57 bits per heavy atom. The van der Waals surface area contributed by atoms with E-state index in [1.165, 1.54) is 24.6 Å². The average molecular weight is 545 g/mol. The van der Waals surface area contributed by atoms with Crippen LogP contribution < -0.4 is 22.1 Å². The Morgan fingerprint density at radius 3 is 2.14 bits per heavy atom. The zero-order chi connectivity index (χ0) is 27.4. The third-order valence-electron chi connectivity index (χ3n) is 4.73. The van der Waals surface area contributed by atoms with Gasteiger partial charge >= 0.3 is 5.97 Å². The topological polar surface area (TPSA) is 147 Å². The first-order valence-corrected chi connectivity index (χ1v) is 14.2. The molecule has 0 saturated heterocycles. The molecule has 1 aromatic rings. The molecule has 1 aromatic carbocycles. The van der Waals surface area contributed by atoms with Gasteiger partial charge in [-0.1, -0.05) is 43.7 Å². The molecule has 11 heteroatoms. The van der Waals surface area contributed by atoms with Crippen molar-refractivity contribution in [3.63, 3.8) is 0 Å². The van der Waals surface area contributed by atoms with E-state index >= 15 is 0 Å². The van der Waals surface area contributed by atoms with Gasteiger partial charge in [0.05, 0.1) is 57.9 Å². The van der Waals surface area contributed by atoms with Crippen molar-refractivity contribution in [3.05, 3.63) is 35.9 Å². The molecule has 1 rings (SSSR count). The Bertz CT molecular complexity index is 655. The molecule has 0 bridgehead atoms. The summed E-state index contributed by atoms with van der Waals surface area (Å²) < 4.78 is 21.5. The number of nitrogens with two attached hydrogens (primary N) is 2. The van der Waals surface area contributed by atoms with Crippen molar-refractivity contribution in [2.45, 2.75) is 44.6 Å². The summed E-state index contributed by atoms with van der Waals surface area (Å²) in [6, 6.07) is 9.61. The van der Waals surface area contributed by atoms with E-state index in [1.54, 1.807) is 0 Å². The smallest absolute Gasteiger partial charge is 0.307 e. The Hall–Kier alpha value is -1.73. The summed E-state index contributed by atoms with van der Waals surface area (Å²) in [5.74, 6) is -0.290. The maximum absolute atomic E-state index is 11.7. The number of hydrogen-bond acceptors (Lipinski definition) is 10. The van der Waals surface area contributed by atoms with Crippen molar-refractivity contribution >= 4 is 23.6 Å². The van der Waals surface area contributed by atoms with Gasteiger partial charge in [-0.15, -0.1) is 11.8 Å². The molecule has 0 aliphatic heterocycles. The minimum absolute atomic E-state index is 0.0682. The van der Waals surface area contributed by atoms with Crippen molar-refractivity contribution in [2.24, 2.45) is 11.5 Å². The predicted molar refractivity (Wildman–Crippen MR) is 149 cm³/mol. The van der Waals surface area contributed by atoms with Crippen molar-refractivity contribution in [1.82, 2.24) is 10.6 Å². The Labute approximate surface area is 226 Å². The normalized spacial score (nSPS) is 11.4. The molecule has 0 saturated carbocycles. The number of amides is 1. The molecule has 10 nitrogen and oxygen atoms in total. The highest BCUT2D eigenvalue weighted by Gasteiger charge is 2.07. The first-order chi connectivity index (χ1) is 18.0. The molecular weight excluding hydrogens is 496 g/mol. The summed E-state index contributed by atoms with van der Waals surface area (Å²) in [5.41, 5.74) is 11.8. The van der Waals surface area contributed by atoms with Crippen LogP contribution in [0.1, 0.15) is 38.2 Å². The monoisotopic (exact) mass is 544 g/mol. The molecule has 1 atom stereocenters. The second-order valence-electron chi connectivity index (χ2n) is 7.95. The van der Waals surface area contributed by atoms with Crippen molar-refractivity contribution in [3.8, 4) is 0 Å². The summed E-state index contributed by atoms with van der Waals surface area (Å²) in [6.07, 6.45) is 4.89. The molecule has 0 radical (unpaired) electrons. The lowest BCUT2D eigenvalue weighted by Crippen LogP contribution is -2.32. The molecule has 1 amide bonds. The van der Waals surface area contributed by atoms with Crippen LogP contribution in [0.25, 0.3) is 0 Å². The highest BCUT2D eigenvalue weighted by atomic mass is 32.2. The number of carbonyl (C=O) groups excluding carboxylic acids is 2. The van der Waals surface area contributed by atoms with Gasteiger partial charge in [0.25, 0.3) is 0 Å². The Balaban J connectivity index is 0.00000235. The second-order valence-corrected chi connectivity index (χ2v) is 9.03. The third-order valence-corrected chi connectivity index (χ3v) is 5.50. The first-order valence-electron chi connectivity index (χ1n) is 12.9. The first kappa shape index (κ1) is 35.3. The summed E-state index contributed by atoms with van der Waals surface area (Å²) >= 11 is 1.46. The average Bonchev–Trinajstić information content (AvgIpc) is 2.91. The lowest BCUT2D eigenvalue weighted by atomic mass is 10.2. The predicted octanol–water partition coefficient (Wildman–Crippen LogP) is 1.66. The molecule has 0 aromatic heterocycles. The summed E-state index contributed by atoms with van der Waals surface area (Å²) in [7, 11) is 0. The van der Waals surface area contributed by atoms with Crippen LogP contribution in [0, 0.1) is 0 Å². The van der Waals surface area contributed by atoms with Gasteiger partial charge in [0.15, 0.2) is 0 Å². The molecule has 1 unspecified atom stereocenters. The quantitative estimate of drug-likeness (QED) is 0.0965. The van der Waals surface area contributed by atoms with Crippen molar-refractivity contribution in [1.29, 1.82) is 0 Å². The maximum atomic E-state index is 11.7. The molecule has 0 heterocycles. The van der Waals surface area contributed by atoms with Crippen LogP contribution in [-0.2, 0) is 35.1 Å². The van der Waals surface area contributed by atoms with Gasteiger partial charge in [-0.2, -0.15) is 0 Å². The molecule has 0 spiro atoms. The summed E-state index contributed by atoms with van der Waals surface area (Å²) in [6.45, 7) is 7.83.